The largest absolute Gasteiger partial charge is 1.00 e. The van der Waals surface area contributed by atoms with Crippen LogP contribution in [0.25, 0.3) is 0 Å². The molecule has 76 valence electrons. The molecule has 0 atom stereocenters. The summed E-state index contributed by atoms with van der Waals surface area (Å²) in [6, 6.07) is 3.03. The van der Waals surface area contributed by atoms with Crippen LogP contribution in [0.1, 0.15) is 5.56 Å². The van der Waals surface area contributed by atoms with Crippen LogP contribution in [0, 0.1) is 17.0 Å². The molecule has 0 aliphatic carbocycles. The second-order valence-electron chi connectivity index (χ2n) is 2.66. The van der Waals surface area contributed by atoms with Crippen molar-refractivity contribution in [3.8, 4) is 0 Å². The summed E-state index contributed by atoms with van der Waals surface area (Å²) in [4.78, 5) is 9.09. The molecule has 0 heterocycles. The van der Waals surface area contributed by atoms with E-state index < -0.39 is 19.9 Å². The SMILES string of the molecule is Cc1ccc(S(=O)(=O)[O-])cc1[N+](=O)[O-].[K+]. The molecule has 1 aromatic rings. The van der Waals surface area contributed by atoms with E-state index in [2.05, 4.69) is 0 Å². The van der Waals surface area contributed by atoms with Crippen molar-refractivity contribution in [2.24, 2.45) is 0 Å². The molecule has 0 N–H and O–H groups in total. The second kappa shape index (κ2) is 5.48. The standard InChI is InChI=1S/C7H7NO5S.K/c1-5-2-3-6(14(11,12)13)4-7(5)8(9)10;/h2-4H,1H3,(H,11,12,13);/q;+1/p-1. The van der Waals surface area contributed by atoms with E-state index in [1.807, 2.05) is 0 Å². The summed E-state index contributed by atoms with van der Waals surface area (Å²) in [6.07, 6.45) is 0. The Labute approximate surface area is 129 Å². The van der Waals surface area contributed by atoms with Gasteiger partial charge in [0, 0.05) is 11.6 Å². The first kappa shape index (κ1) is 15.2. The van der Waals surface area contributed by atoms with E-state index in [0.29, 0.717) is 5.56 Å². The Bertz CT molecular complexity index is 484. The predicted octanol–water partition coefficient (Wildman–Crippen LogP) is -2.19. The molecule has 0 amide bonds. The van der Waals surface area contributed by atoms with E-state index in [4.69, 9.17) is 0 Å². The molecule has 0 saturated carbocycles. The number of rotatable bonds is 2. The monoisotopic (exact) mass is 255 g/mol. The quantitative estimate of drug-likeness (QED) is 0.259. The summed E-state index contributed by atoms with van der Waals surface area (Å²) >= 11 is 0. The summed E-state index contributed by atoms with van der Waals surface area (Å²) in [6.45, 7) is 1.46. The fraction of sp³-hybridized carbons (Fsp3) is 0.143. The van der Waals surface area contributed by atoms with Crippen molar-refractivity contribution in [3.05, 3.63) is 33.9 Å². The van der Waals surface area contributed by atoms with Crippen LogP contribution in [-0.2, 0) is 10.1 Å². The van der Waals surface area contributed by atoms with Crippen molar-refractivity contribution >= 4 is 15.8 Å². The maximum absolute atomic E-state index is 10.5. The molecule has 0 saturated heterocycles. The molecule has 0 aromatic heterocycles. The molecule has 0 aliphatic rings. The minimum atomic E-state index is -4.63. The molecular weight excluding hydrogens is 249 g/mol. The van der Waals surface area contributed by atoms with Gasteiger partial charge < -0.3 is 4.55 Å². The van der Waals surface area contributed by atoms with Crippen molar-refractivity contribution in [1.82, 2.24) is 0 Å². The average molecular weight is 255 g/mol. The normalized spacial score (nSPS) is 10.5. The maximum Gasteiger partial charge on any atom is 1.00 e. The second-order valence-corrected chi connectivity index (χ2v) is 4.04. The van der Waals surface area contributed by atoms with Crippen molar-refractivity contribution in [2.45, 2.75) is 11.8 Å². The van der Waals surface area contributed by atoms with Crippen LogP contribution < -0.4 is 51.4 Å². The molecule has 0 aliphatic heterocycles. The summed E-state index contributed by atoms with van der Waals surface area (Å²) in [5.41, 5.74) is -0.0654. The van der Waals surface area contributed by atoms with E-state index in [9.17, 15) is 23.1 Å². The van der Waals surface area contributed by atoms with Gasteiger partial charge in [0.2, 0.25) is 0 Å². The Kier molecular flexibility index (Phi) is 5.54. The molecule has 0 spiro atoms. The number of aryl methyl sites for hydroxylation is 1. The molecule has 1 aromatic carbocycles. The molecule has 15 heavy (non-hydrogen) atoms. The zero-order chi connectivity index (χ0) is 10.9. The van der Waals surface area contributed by atoms with Crippen molar-refractivity contribution in [2.75, 3.05) is 0 Å². The van der Waals surface area contributed by atoms with Gasteiger partial charge >= 0.3 is 51.4 Å². The van der Waals surface area contributed by atoms with Crippen LogP contribution in [0.15, 0.2) is 23.1 Å². The van der Waals surface area contributed by atoms with Gasteiger partial charge in [-0.15, -0.1) is 0 Å². The Morgan fingerprint density at radius 2 is 1.87 bits per heavy atom. The first-order valence-corrected chi connectivity index (χ1v) is 4.94. The van der Waals surface area contributed by atoms with Gasteiger partial charge in [-0.1, -0.05) is 6.07 Å². The van der Waals surface area contributed by atoms with Gasteiger partial charge in [0.25, 0.3) is 5.69 Å². The molecule has 0 fully saturated rings. The van der Waals surface area contributed by atoms with E-state index in [1.54, 1.807) is 0 Å². The van der Waals surface area contributed by atoms with Crippen LogP contribution in [0.4, 0.5) is 5.69 Å². The van der Waals surface area contributed by atoms with Gasteiger partial charge in [-0.25, -0.2) is 8.42 Å². The fourth-order valence-corrected chi connectivity index (χ4v) is 1.43. The maximum atomic E-state index is 10.5. The van der Waals surface area contributed by atoms with E-state index >= 15 is 0 Å². The Hall–Kier alpha value is 0.166. The van der Waals surface area contributed by atoms with Crippen molar-refractivity contribution in [3.63, 3.8) is 0 Å². The zero-order valence-electron chi connectivity index (χ0n) is 8.13. The van der Waals surface area contributed by atoms with Gasteiger partial charge in [-0.2, -0.15) is 0 Å². The van der Waals surface area contributed by atoms with Gasteiger partial charge in [-0.3, -0.25) is 10.1 Å². The molecule has 0 bridgehead atoms. The van der Waals surface area contributed by atoms with Crippen LogP contribution >= 0.6 is 0 Å². The zero-order valence-corrected chi connectivity index (χ0v) is 12.1. The molecular formula is C7H6KNO5S. The van der Waals surface area contributed by atoms with Crippen LogP contribution in [0.3, 0.4) is 0 Å². The van der Waals surface area contributed by atoms with Gasteiger partial charge in [0.1, 0.15) is 10.1 Å². The molecule has 8 heteroatoms. The predicted molar refractivity (Wildman–Crippen MR) is 45.8 cm³/mol. The number of hydrogen-bond donors (Lipinski definition) is 0. The molecule has 0 unspecified atom stereocenters. The first-order valence-electron chi connectivity index (χ1n) is 3.53. The third-order valence-corrected chi connectivity index (χ3v) is 2.50. The Morgan fingerprint density at radius 3 is 2.27 bits per heavy atom. The average Bonchev–Trinajstić information content (AvgIpc) is 2.02. The number of nitrogens with zero attached hydrogens (tertiary/aromatic N) is 1. The topological polar surface area (TPSA) is 100 Å². The third kappa shape index (κ3) is 3.91. The fourth-order valence-electron chi connectivity index (χ4n) is 0.941. The van der Waals surface area contributed by atoms with Crippen LogP contribution in [-0.4, -0.2) is 17.9 Å². The molecule has 6 nitrogen and oxygen atoms in total. The smallest absolute Gasteiger partial charge is 0.744 e. The van der Waals surface area contributed by atoms with E-state index in [0.717, 1.165) is 12.1 Å². The van der Waals surface area contributed by atoms with E-state index in [-0.39, 0.29) is 57.1 Å². The number of nitro benzene ring substituents is 1. The summed E-state index contributed by atoms with van der Waals surface area (Å²) in [5.74, 6) is 0. The van der Waals surface area contributed by atoms with Gasteiger partial charge in [0.15, 0.2) is 0 Å². The Balaban J connectivity index is 0.00000196. The molecule has 0 radical (unpaired) electrons. The van der Waals surface area contributed by atoms with Crippen LogP contribution in [0.2, 0.25) is 0 Å². The summed E-state index contributed by atoms with van der Waals surface area (Å²) in [5, 5.41) is 10.4. The summed E-state index contributed by atoms with van der Waals surface area (Å²) in [7, 11) is -4.63. The number of nitro groups is 1. The first-order chi connectivity index (χ1) is 6.32. The Morgan fingerprint density at radius 1 is 1.33 bits per heavy atom. The summed E-state index contributed by atoms with van der Waals surface area (Å²) < 4.78 is 31.6. The van der Waals surface area contributed by atoms with Crippen LogP contribution in [0.5, 0.6) is 0 Å². The minimum Gasteiger partial charge on any atom is -0.744 e. The van der Waals surface area contributed by atoms with Crippen molar-refractivity contribution < 1.29 is 69.3 Å². The third-order valence-electron chi connectivity index (χ3n) is 1.67. The van der Waals surface area contributed by atoms with Gasteiger partial charge in [0.05, 0.1) is 9.82 Å². The number of benzene rings is 1. The molecule has 1 rings (SSSR count). The van der Waals surface area contributed by atoms with E-state index in [1.165, 1.54) is 13.0 Å². The number of hydrogen-bond acceptors (Lipinski definition) is 5. The minimum absolute atomic E-state index is 0. The van der Waals surface area contributed by atoms with Crippen molar-refractivity contribution in [1.29, 1.82) is 0 Å². The van der Waals surface area contributed by atoms with Gasteiger partial charge in [-0.05, 0) is 13.0 Å².